The predicted octanol–water partition coefficient (Wildman–Crippen LogP) is 18.2. The maximum atomic E-state index is 15.0. The second kappa shape index (κ2) is 42.5. The van der Waals surface area contributed by atoms with Gasteiger partial charge in [-0.25, -0.2) is 94.9 Å². The van der Waals surface area contributed by atoms with E-state index in [1.807, 2.05) is 151 Å². The lowest BCUT2D eigenvalue weighted by atomic mass is 10.0. The third kappa shape index (κ3) is 21.8. The molecule has 5 fully saturated rings. The highest BCUT2D eigenvalue weighted by atomic mass is 19.2. The van der Waals surface area contributed by atoms with Crippen molar-refractivity contribution >= 4 is 66.9 Å². The van der Waals surface area contributed by atoms with Crippen LogP contribution in [0.3, 0.4) is 0 Å². The van der Waals surface area contributed by atoms with Crippen molar-refractivity contribution in [2.45, 2.75) is 159 Å². The lowest BCUT2D eigenvalue weighted by Gasteiger charge is -2.35. The summed E-state index contributed by atoms with van der Waals surface area (Å²) in [6, 6.07) is 20.3. The monoisotopic (exact) mass is 1930 g/mol. The highest BCUT2D eigenvalue weighted by Crippen LogP contribution is 2.39. The van der Waals surface area contributed by atoms with Crippen LogP contribution in [0.4, 0.5) is 57.9 Å². The second-order valence-electron chi connectivity index (χ2n) is 38.3. The predicted molar refractivity (Wildman–Crippen MR) is 537 cm³/mol. The van der Waals surface area contributed by atoms with Gasteiger partial charge in [-0.2, -0.15) is 0 Å². The number of likely N-dealkylation sites (N-methyl/N-ethyl adjacent to an activating group) is 2. The quantitative estimate of drug-likeness (QED) is 0.0618. The standard InChI is InChI=1S/C28H31F2N7.C27H31F2N7.C26H29F2N7.C25H27F2N7/c1-17(2)37-18(3)34-28-24(29)10-19(11-26(28)37)23-12-20(31-16-25(23)30)13-27-32-14-22(15-33-27)36-8-6-35(7-9-36)21-4-5-21;1-5-34-6-8-35(9-7-34)21-14-31-26(32-15-21)13-20-12-22(24(29)16-30-20)19-10-23(28)27-25(11-19)36(17(2)3)18(4)33-27;1-16(2)35-17(3)32-26-22(27)9-18(10-24(26)35)21-11-19(29-15-23(21)28)12-25-30-13-20(14-31-25)34-7-5-33(4)6-8-34;1-15(2)34-16(3)32-25-21(26)8-17(9-23(25)34)20-10-18(29-14-22(20)27)11-24-30-12-19(13-31-24)33-6-4-28-5-7-33/h10-12,14-17,21H,4-9,13H2,1-3H3;10-12,14-17H,5-9,13H2,1-4H3;9-11,13-16H,5-8,12H2,1-4H3;8-10,12-15,28H,4-7,11H2,1-3H3. The molecule has 12 aromatic heterocycles. The third-order valence-corrected chi connectivity index (χ3v) is 27.1. The molecule has 1 saturated carbocycles. The fourth-order valence-corrected chi connectivity index (χ4v) is 19.7. The summed E-state index contributed by atoms with van der Waals surface area (Å²) in [6.45, 7) is 42.5. The molecule has 1 N–H and O–H groups in total. The van der Waals surface area contributed by atoms with Crippen LogP contribution in [0.25, 0.3) is 88.6 Å². The molecule has 21 rings (SSSR count). The molecular weight excluding hydrogens is 1820 g/mol. The summed E-state index contributed by atoms with van der Waals surface area (Å²) in [5.74, 6) is 1.39. The van der Waals surface area contributed by atoms with Crippen LogP contribution in [0.1, 0.15) is 169 Å². The Morgan fingerprint density at radius 3 is 0.789 bits per heavy atom. The van der Waals surface area contributed by atoms with Gasteiger partial charge >= 0.3 is 0 Å². The molecule has 28 nitrogen and oxygen atoms in total. The molecule has 4 saturated heterocycles. The number of nitrogens with zero attached hydrogens (tertiary/aromatic N) is 27. The number of hydrogen-bond acceptors (Lipinski definition) is 24. The molecule has 0 spiro atoms. The van der Waals surface area contributed by atoms with Crippen molar-refractivity contribution in [2.75, 3.05) is 138 Å². The van der Waals surface area contributed by atoms with Crippen molar-refractivity contribution in [1.82, 2.24) is 118 Å². The first-order chi connectivity index (χ1) is 68.4. The number of benzene rings is 4. The number of aromatic nitrogens is 20. The Kier molecular flexibility index (Phi) is 29.5. The number of piperazine rings is 4. The van der Waals surface area contributed by atoms with E-state index in [1.54, 1.807) is 48.5 Å². The van der Waals surface area contributed by atoms with Gasteiger partial charge in [0.25, 0.3) is 0 Å². The maximum Gasteiger partial charge on any atom is 0.151 e. The summed E-state index contributed by atoms with van der Waals surface area (Å²) in [7, 11) is 2.12. The minimum absolute atomic E-state index is 0.0955. The molecule has 4 aromatic carbocycles. The summed E-state index contributed by atoms with van der Waals surface area (Å²) < 4.78 is 127. The molecule has 0 bridgehead atoms. The molecule has 16 aromatic rings. The molecule has 0 unspecified atom stereocenters. The lowest BCUT2D eigenvalue weighted by Crippen LogP contribution is -2.47. The van der Waals surface area contributed by atoms with Crippen LogP contribution in [0, 0.1) is 74.2 Å². The number of pyridine rings is 4. The summed E-state index contributed by atoms with van der Waals surface area (Å²) >= 11 is 0. The van der Waals surface area contributed by atoms with E-state index in [4.69, 9.17) is 0 Å². The zero-order valence-corrected chi connectivity index (χ0v) is 82.6. The van der Waals surface area contributed by atoms with Crippen LogP contribution in [-0.2, 0) is 25.7 Å². The average molecular weight is 1940 g/mol. The fourth-order valence-electron chi connectivity index (χ4n) is 19.7. The van der Waals surface area contributed by atoms with Gasteiger partial charge in [-0.15, -0.1) is 0 Å². The SMILES string of the molecule is CCN1CCN(c2cnc(Cc3cc(-c4cc(F)c5nc(C)n(C(C)C)c5c4)c(F)cn3)nc2)CC1.Cc1nc2c(F)cc(-c3cc(Cc4ncc(N5CCN(C)CC5)cn4)ncc3F)cc2n1C(C)C.Cc1nc2c(F)cc(-c3cc(Cc4ncc(N5CCN(C6CC6)CC5)cn4)ncc3F)cc2n1C(C)C.Cc1nc2c(F)cc(-c3cc(Cc4ncc(N5CCNCC5)cn4)ncc3F)cc2n1C(C)C. The highest BCUT2D eigenvalue weighted by Gasteiger charge is 2.33. The van der Waals surface area contributed by atoms with Gasteiger partial charge in [0.1, 0.15) is 91.9 Å². The second-order valence-corrected chi connectivity index (χ2v) is 38.3. The number of imidazole rings is 4. The van der Waals surface area contributed by atoms with E-state index in [2.05, 4.69) is 133 Å². The minimum atomic E-state index is -0.509. The first kappa shape index (κ1) is 98.3. The van der Waals surface area contributed by atoms with Crippen LogP contribution in [-0.4, -0.2) is 237 Å². The van der Waals surface area contributed by atoms with Gasteiger partial charge in [0.05, 0.1) is 145 Å². The summed E-state index contributed by atoms with van der Waals surface area (Å²) in [6.07, 6.45) is 23.5. The number of rotatable bonds is 22. The van der Waals surface area contributed by atoms with E-state index in [1.165, 1.54) is 61.9 Å². The van der Waals surface area contributed by atoms with Crippen molar-refractivity contribution in [3.8, 4) is 44.5 Å². The van der Waals surface area contributed by atoms with Gasteiger partial charge < -0.3 is 53.0 Å². The van der Waals surface area contributed by atoms with Crippen LogP contribution < -0.4 is 24.9 Å². The number of aryl methyl sites for hydroxylation is 4. The van der Waals surface area contributed by atoms with Crippen molar-refractivity contribution in [3.05, 3.63) is 263 Å². The first-order valence-corrected chi connectivity index (χ1v) is 48.8. The molecule has 0 atom stereocenters. The summed E-state index contributed by atoms with van der Waals surface area (Å²) in [4.78, 5) is 87.0. The third-order valence-electron chi connectivity index (χ3n) is 27.1. The molecule has 4 aliphatic heterocycles. The number of fused-ring (bicyclic) bond motifs is 4. The molecule has 36 heteroatoms. The number of nitrogens with one attached hydrogen (secondary N) is 1. The van der Waals surface area contributed by atoms with Crippen molar-refractivity contribution in [3.63, 3.8) is 0 Å². The average Bonchev–Trinajstić information content (AvgIpc) is 1.62. The van der Waals surface area contributed by atoms with Gasteiger partial charge in [0.2, 0.25) is 0 Å². The Morgan fingerprint density at radius 2 is 0.542 bits per heavy atom. The fraction of sp³-hybridized carbons (Fsp3) is 0.396. The lowest BCUT2D eigenvalue weighted by molar-refractivity contribution is 0.248. The molecule has 142 heavy (non-hydrogen) atoms. The van der Waals surface area contributed by atoms with E-state index >= 15 is 0 Å². The van der Waals surface area contributed by atoms with Gasteiger partial charge in [0, 0.05) is 180 Å². The Balaban J connectivity index is 0.000000125. The van der Waals surface area contributed by atoms with E-state index in [0.717, 1.165) is 163 Å². The van der Waals surface area contributed by atoms with E-state index in [9.17, 15) is 35.1 Å². The molecule has 5 aliphatic rings. The van der Waals surface area contributed by atoms with Crippen LogP contribution in [0.5, 0.6) is 0 Å². The molecule has 1 aliphatic carbocycles. The van der Waals surface area contributed by atoms with Crippen LogP contribution in [0.15, 0.2) is 147 Å². The largest absolute Gasteiger partial charge is 0.366 e. The van der Waals surface area contributed by atoms with Crippen LogP contribution in [0.2, 0.25) is 0 Å². The zero-order valence-electron chi connectivity index (χ0n) is 82.6. The minimum Gasteiger partial charge on any atom is -0.366 e. The van der Waals surface area contributed by atoms with E-state index < -0.39 is 46.5 Å². The van der Waals surface area contributed by atoms with E-state index in [0.29, 0.717) is 155 Å². The van der Waals surface area contributed by atoms with Gasteiger partial charge in [0.15, 0.2) is 23.3 Å². The number of halogens is 8. The topological polar surface area (TPSA) is 261 Å². The first-order valence-electron chi connectivity index (χ1n) is 48.8. The molecule has 738 valence electrons. The van der Waals surface area contributed by atoms with Gasteiger partial charge in [-0.05, 0) is 205 Å². The van der Waals surface area contributed by atoms with E-state index in [-0.39, 0.29) is 29.7 Å². The Morgan fingerprint density at radius 1 is 0.296 bits per heavy atom. The summed E-state index contributed by atoms with van der Waals surface area (Å²) in [5.41, 5.74) is 13.2. The van der Waals surface area contributed by atoms with Gasteiger partial charge in [-0.3, -0.25) is 24.8 Å². The number of hydrogen-bond donors (Lipinski definition) is 1. The van der Waals surface area contributed by atoms with Gasteiger partial charge in [-0.1, -0.05) is 6.92 Å². The van der Waals surface area contributed by atoms with Crippen LogP contribution >= 0.6 is 0 Å². The smallest absolute Gasteiger partial charge is 0.151 e. The highest BCUT2D eigenvalue weighted by molar-refractivity contribution is 5.87. The molecular formula is C106H118F8N28. The molecule has 0 radical (unpaired) electrons. The zero-order chi connectivity index (χ0) is 99.6. The Hall–Kier alpha value is -13.8. The van der Waals surface area contributed by atoms with Crippen molar-refractivity contribution < 1.29 is 35.1 Å². The van der Waals surface area contributed by atoms with Crippen molar-refractivity contribution in [1.29, 1.82) is 0 Å². The molecule has 0 amide bonds. The van der Waals surface area contributed by atoms with Crippen molar-refractivity contribution in [2.24, 2.45) is 0 Å². The number of anilines is 4. The Bertz CT molecular complexity index is 7190. The summed E-state index contributed by atoms with van der Waals surface area (Å²) in [5, 5.41) is 3.32. The normalized spacial score (nSPS) is 15.2. The molecule has 16 heterocycles. The maximum absolute atomic E-state index is 15.0. The Labute approximate surface area is 819 Å².